The lowest BCUT2D eigenvalue weighted by molar-refractivity contribution is -0.142. The Morgan fingerprint density at radius 3 is 2.05 bits per heavy atom. The molecular weight excluding hydrogens is 307 g/mol. The van der Waals surface area contributed by atoms with Crippen LogP contribution in [-0.4, -0.2) is 39.4 Å². The summed E-state index contributed by atoms with van der Waals surface area (Å²) >= 11 is 0. The number of unbranched alkanes of at least 4 members (excludes halogenated alkanes) is 3. The van der Waals surface area contributed by atoms with Crippen LogP contribution in [0.25, 0.3) is 0 Å². The number of carboxylic acids is 2. The fourth-order valence-electron chi connectivity index (χ4n) is 2.59. The molecule has 0 rings (SSSR count). The van der Waals surface area contributed by atoms with E-state index in [1.165, 1.54) is 6.66 Å². The number of hydrogen-bond donors (Lipinski definition) is 3. The number of aliphatic carboxylic acids is 2. The van der Waals surface area contributed by atoms with Gasteiger partial charge in [0.2, 0.25) is 7.37 Å². The minimum Gasteiger partial charge on any atom is -0.481 e. The van der Waals surface area contributed by atoms with Crippen LogP contribution in [-0.2, 0) is 14.2 Å². The van der Waals surface area contributed by atoms with Crippen LogP contribution in [0.3, 0.4) is 0 Å². The van der Waals surface area contributed by atoms with Gasteiger partial charge in [-0.3, -0.25) is 14.2 Å². The van der Waals surface area contributed by atoms with E-state index < -0.39 is 25.2 Å². The van der Waals surface area contributed by atoms with Gasteiger partial charge in [0.15, 0.2) is 0 Å². The smallest absolute Gasteiger partial charge is 0.306 e. The van der Waals surface area contributed by atoms with E-state index in [1.54, 1.807) is 0 Å². The van der Waals surface area contributed by atoms with Gasteiger partial charge in [0.05, 0.1) is 5.92 Å². The van der Waals surface area contributed by atoms with Crippen LogP contribution >= 0.6 is 7.37 Å². The van der Waals surface area contributed by atoms with Gasteiger partial charge in [-0.05, 0) is 32.1 Å². The second-order valence-electron chi connectivity index (χ2n) is 5.96. The third-order valence-electron chi connectivity index (χ3n) is 4.04. The molecule has 0 aromatic carbocycles. The molecule has 0 saturated carbocycles. The fraction of sp³-hybridized carbons (Fsp3) is 0.867. The molecule has 0 saturated heterocycles. The molecule has 0 aromatic heterocycles. The predicted octanol–water partition coefficient (Wildman–Crippen LogP) is 3.57. The predicted molar refractivity (Wildman–Crippen MR) is 85.5 cm³/mol. The quantitative estimate of drug-likeness (QED) is 0.350. The SMILES string of the molecule is CCC(CCC(CCCCCCC(=O)O)C(=O)O)P(C)(=O)O. The summed E-state index contributed by atoms with van der Waals surface area (Å²) in [5.41, 5.74) is -0.329. The second-order valence-corrected chi connectivity index (χ2v) is 8.58. The fourth-order valence-corrected chi connectivity index (χ4v) is 3.89. The molecule has 0 aliphatic carbocycles. The van der Waals surface area contributed by atoms with Crippen LogP contribution in [0.2, 0.25) is 0 Å². The normalized spacial score (nSPS) is 16.7. The molecule has 7 heteroatoms. The van der Waals surface area contributed by atoms with Crippen LogP contribution in [0.5, 0.6) is 0 Å². The number of carbonyl (C=O) groups is 2. The van der Waals surface area contributed by atoms with Crippen LogP contribution in [0.1, 0.15) is 64.7 Å². The summed E-state index contributed by atoms with van der Waals surface area (Å²) in [6.07, 6.45) is 5.12. The standard InChI is InChI=1S/C15H29O6P/c1-3-13(22(2,20)21)11-10-12(15(18)19)8-6-4-5-7-9-14(16)17/h12-13H,3-11H2,1-2H3,(H,16,17)(H,18,19)(H,20,21). The Hall–Kier alpha value is -0.870. The molecule has 0 spiro atoms. The molecule has 0 fully saturated rings. The van der Waals surface area contributed by atoms with Gasteiger partial charge in [0.1, 0.15) is 0 Å². The maximum Gasteiger partial charge on any atom is 0.306 e. The van der Waals surface area contributed by atoms with Gasteiger partial charge in [-0.2, -0.15) is 0 Å². The topological polar surface area (TPSA) is 112 Å². The lowest BCUT2D eigenvalue weighted by Crippen LogP contribution is -2.17. The van der Waals surface area contributed by atoms with Gasteiger partial charge in [0.25, 0.3) is 0 Å². The van der Waals surface area contributed by atoms with Crippen molar-refractivity contribution in [3.8, 4) is 0 Å². The summed E-state index contributed by atoms with van der Waals surface area (Å²) in [5.74, 6) is -2.15. The van der Waals surface area contributed by atoms with Crippen LogP contribution in [0.4, 0.5) is 0 Å². The third-order valence-corrected chi connectivity index (χ3v) is 6.02. The average Bonchev–Trinajstić information content (AvgIpc) is 2.38. The Morgan fingerprint density at radius 2 is 1.59 bits per heavy atom. The molecule has 3 N–H and O–H groups in total. The lowest BCUT2D eigenvalue weighted by Gasteiger charge is -2.20. The highest BCUT2D eigenvalue weighted by atomic mass is 31.2. The van der Waals surface area contributed by atoms with Crippen molar-refractivity contribution in [3.63, 3.8) is 0 Å². The first-order chi connectivity index (χ1) is 10.2. The minimum atomic E-state index is -3.16. The monoisotopic (exact) mass is 336 g/mol. The maximum absolute atomic E-state index is 11.7. The molecule has 0 aliphatic heterocycles. The molecule has 22 heavy (non-hydrogen) atoms. The Morgan fingerprint density at radius 1 is 1.00 bits per heavy atom. The first-order valence-corrected chi connectivity index (χ1v) is 10.1. The van der Waals surface area contributed by atoms with Gasteiger partial charge >= 0.3 is 11.9 Å². The maximum atomic E-state index is 11.7. The van der Waals surface area contributed by atoms with Crippen molar-refractivity contribution < 1.29 is 29.3 Å². The second kappa shape index (κ2) is 10.8. The van der Waals surface area contributed by atoms with E-state index in [0.717, 1.165) is 19.3 Å². The van der Waals surface area contributed by atoms with Crippen molar-refractivity contribution in [1.29, 1.82) is 0 Å². The molecule has 0 aliphatic rings. The van der Waals surface area contributed by atoms with Crippen molar-refractivity contribution >= 4 is 19.3 Å². The molecule has 0 radical (unpaired) electrons. The van der Waals surface area contributed by atoms with E-state index in [1.807, 2.05) is 6.92 Å². The summed E-state index contributed by atoms with van der Waals surface area (Å²) in [7, 11) is -3.16. The summed E-state index contributed by atoms with van der Waals surface area (Å²) in [4.78, 5) is 31.2. The molecule has 0 heterocycles. The number of rotatable bonds is 13. The molecule has 0 aromatic rings. The van der Waals surface area contributed by atoms with Gasteiger partial charge in [0, 0.05) is 18.7 Å². The lowest BCUT2D eigenvalue weighted by atomic mass is 9.94. The van der Waals surface area contributed by atoms with E-state index in [0.29, 0.717) is 32.1 Å². The largest absolute Gasteiger partial charge is 0.481 e. The van der Waals surface area contributed by atoms with Gasteiger partial charge in [-0.15, -0.1) is 0 Å². The number of carboxylic acid groups (broad SMARTS) is 2. The molecule has 3 atom stereocenters. The number of hydrogen-bond acceptors (Lipinski definition) is 3. The highest BCUT2D eigenvalue weighted by Crippen LogP contribution is 2.46. The highest BCUT2D eigenvalue weighted by molar-refractivity contribution is 7.57. The zero-order valence-corrected chi connectivity index (χ0v) is 14.4. The van der Waals surface area contributed by atoms with E-state index in [2.05, 4.69) is 0 Å². The molecule has 0 amide bonds. The van der Waals surface area contributed by atoms with Crippen LogP contribution in [0, 0.1) is 5.92 Å². The summed E-state index contributed by atoms with van der Waals surface area (Å²) < 4.78 is 11.7. The van der Waals surface area contributed by atoms with E-state index in [-0.39, 0.29) is 12.1 Å². The summed E-state index contributed by atoms with van der Waals surface area (Å²) in [6.45, 7) is 3.18. The Bertz CT molecular complexity index is 389. The van der Waals surface area contributed by atoms with Crippen molar-refractivity contribution in [3.05, 3.63) is 0 Å². The Labute approximate surface area is 132 Å². The first kappa shape index (κ1) is 21.1. The molecule has 0 bridgehead atoms. The minimum absolute atomic E-state index is 0.156. The van der Waals surface area contributed by atoms with Crippen molar-refractivity contribution in [2.24, 2.45) is 5.92 Å². The van der Waals surface area contributed by atoms with Crippen molar-refractivity contribution in [1.82, 2.24) is 0 Å². The summed E-state index contributed by atoms with van der Waals surface area (Å²) in [6, 6.07) is 0. The van der Waals surface area contributed by atoms with Gasteiger partial charge in [-0.25, -0.2) is 0 Å². The highest BCUT2D eigenvalue weighted by Gasteiger charge is 2.26. The average molecular weight is 336 g/mol. The van der Waals surface area contributed by atoms with Gasteiger partial charge in [-0.1, -0.05) is 26.2 Å². The zero-order chi connectivity index (χ0) is 17.2. The van der Waals surface area contributed by atoms with Gasteiger partial charge < -0.3 is 15.1 Å². The van der Waals surface area contributed by atoms with Crippen LogP contribution < -0.4 is 0 Å². The van der Waals surface area contributed by atoms with Crippen molar-refractivity contribution in [2.75, 3.05) is 6.66 Å². The Kier molecular flexibility index (Phi) is 10.4. The molecular formula is C15H29O6P. The van der Waals surface area contributed by atoms with Crippen molar-refractivity contribution in [2.45, 2.75) is 70.4 Å². The molecule has 3 unspecified atom stereocenters. The summed E-state index contributed by atoms with van der Waals surface area (Å²) in [5, 5.41) is 17.7. The van der Waals surface area contributed by atoms with Crippen LogP contribution in [0.15, 0.2) is 0 Å². The molecule has 130 valence electrons. The van der Waals surface area contributed by atoms with E-state index in [4.69, 9.17) is 5.11 Å². The van der Waals surface area contributed by atoms with E-state index >= 15 is 0 Å². The third kappa shape index (κ3) is 9.96. The zero-order valence-electron chi connectivity index (χ0n) is 13.5. The molecule has 6 nitrogen and oxygen atoms in total. The van der Waals surface area contributed by atoms with E-state index in [9.17, 15) is 24.2 Å². The Balaban J connectivity index is 4.09. The first-order valence-electron chi connectivity index (χ1n) is 7.93.